The zero-order valence-electron chi connectivity index (χ0n) is 13.3. The van der Waals surface area contributed by atoms with Crippen molar-refractivity contribution in [3.05, 3.63) is 54.3 Å². The molecule has 25 heavy (non-hydrogen) atoms. The van der Waals surface area contributed by atoms with Gasteiger partial charge in [0, 0.05) is 13.6 Å². The van der Waals surface area contributed by atoms with Crippen molar-refractivity contribution in [2.75, 3.05) is 20.2 Å². The molecule has 0 saturated carbocycles. The van der Waals surface area contributed by atoms with Crippen LogP contribution in [-0.4, -0.2) is 41.3 Å². The van der Waals surface area contributed by atoms with Gasteiger partial charge in [0.15, 0.2) is 11.6 Å². The molecule has 0 atom stereocenters. The minimum Gasteiger partial charge on any atom is -0.489 e. The molecular weight excluding hydrogens is 371 g/mol. The molecule has 10 heteroatoms. The molecule has 2 N–H and O–H groups in total. The lowest BCUT2D eigenvalue weighted by molar-refractivity contribution is 0.275. The minimum absolute atomic E-state index is 0.0202. The largest absolute Gasteiger partial charge is 0.489 e. The van der Waals surface area contributed by atoms with Crippen LogP contribution in [0.25, 0.3) is 0 Å². The van der Waals surface area contributed by atoms with Crippen molar-refractivity contribution >= 4 is 20.0 Å². The Balaban J connectivity index is 2.05. The van der Waals surface area contributed by atoms with Crippen molar-refractivity contribution < 1.29 is 26.0 Å². The second-order valence-electron chi connectivity index (χ2n) is 5.12. The van der Waals surface area contributed by atoms with E-state index in [0.29, 0.717) is 0 Å². The van der Waals surface area contributed by atoms with Crippen LogP contribution in [0.4, 0.5) is 4.39 Å². The summed E-state index contributed by atoms with van der Waals surface area (Å²) in [6, 6.07) is 10.3. The van der Waals surface area contributed by atoms with Gasteiger partial charge in [-0.05, 0) is 36.4 Å². The van der Waals surface area contributed by atoms with E-state index in [2.05, 4.69) is 0 Å². The molecule has 7 nitrogen and oxygen atoms in total. The van der Waals surface area contributed by atoms with Gasteiger partial charge in [0.2, 0.25) is 20.0 Å². The van der Waals surface area contributed by atoms with Crippen molar-refractivity contribution in [3.8, 4) is 5.75 Å². The van der Waals surface area contributed by atoms with Gasteiger partial charge in [0.1, 0.15) is 6.61 Å². The number of halogens is 1. The normalized spacial score (nSPS) is 12.3. The summed E-state index contributed by atoms with van der Waals surface area (Å²) in [6.07, 6.45) is 0. The third kappa shape index (κ3) is 4.75. The average Bonchev–Trinajstić information content (AvgIpc) is 2.55. The first-order valence-electron chi connectivity index (χ1n) is 7.09. The van der Waals surface area contributed by atoms with Gasteiger partial charge < -0.3 is 4.74 Å². The summed E-state index contributed by atoms with van der Waals surface area (Å²) < 4.78 is 66.9. The second kappa shape index (κ2) is 7.48. The number of rotatable bonds is 7. The standard InChI is InChI=1S/C15H17FN2O5S2/c1-18(10-11-23-15-5-3-2-4-14(15)16)25(21,22)13-8-6-12(7-9-13)24(17,19)20/h2-9H,10-11H2,1H3,(H2,17,19,20). The van der Waals surface area contributed by atoms with E-state index in [1.54, 1.807) is 6.07 Å². The second-order valence-corrected chi connectivity index (χ2v) is 8.73. The maximum atomic E-state index is 13.4. The lowest BCUT2D eigenvalue weighted by Gasteiger charge is -2.17. The Kier molecular flexibility index (Phi) is 5.78. The van der Waals surface area contributed by atoms with Crippen LogP contribution < -0.4 is 9.88 Å². The van der Waals surface area contributed by atoms with Gasteiger partial charge in [-0.1, -0.05) is 12.1 Å². The molecule has 0 aliphatic carbocycles. The maximum absolute atomic E-state index is 13.4. The molecule has 0 fully saturated rings. The molecule has 2 aromatic rings. The van der Waals surface area contributed by atoms with E-state index in [4.69, 9.17) is 9.88 Å². The summed E-state index contributed by atoms with van der Waals surface area (Å²) in [5.41, 5.74) is 0. The molecule has 2 aromatic carbocycles. The third-order valence-corrected chi connectivity index (χ3v) is 6.16. The topological polar surface area (TPSA) is 107 Å². The fourth-order valence-electron chi connectivity index (χ4n) is 1.95. The summed E-state index contributed by atoms with van der Waals surface area (Å²) in [5, 5.41) is 4.97. The quantitative estimate of drug-likeness (QED) is 0.766. The molecular formula is C15H17FN2O5S2. The Morgan fingerprint density at radius 2 is 1.56 bits per heavy atom. The number of hydrogen-bond donors (Lipinski definition) is 1. The summed E-state index contributed by atoms with van der Waals surface area (Å²) in [5.74, 6) is -0.502. The van der Waals surface area contributed by atoms with Gasteiger partial charge in [0.25, 0.3) is 0 Å². The van der Waals surface area contributed by atoms with Gasteiger partial charge in [-0.3, -0.25) is 0 Å². The predicted octanol–water partition coefficient (Wildman–Crippen LogP) is 1.17. The van der Waals surface area contributed by atoms with E-state index in [1.807, 2.05) is 0 Å². The van der Waals surface area contributed by atoms with E-state index in [9.17, 15) is 21.2 Å². The Morgan fingerprint density at radius 1 is 1.00 bits per heavy atom. The van der Waals surface area contributed by atoms with Crippen LogP contribution in [0.1, 0.15) is 0 Å². The lowest BCUT2D eigenvalue weighted by atomic mass is 10.3. The molecule has 0 saturated heterocycles. The van der Waals surface area contributed by atoms with Gasteiger partial charge in [-0.2, -0.15) is 4.31 Å². The minimum atomic E-state index is -3.90. The van der Waals surface area contributed by atoms with Crippen LogP contribution in [-0.2, 0) is 20.0 Å². The number of nitrogens with zero attached hydrogens (tertiary/aromatic N) is 1. The Labute approximate surface area is 145 Å². The SMILES string of the molecule is CN(CCOc1ccccc1F)S(=O)(=O)c1ccc(S(N)(=O)=O)cc1. The smallest absolute Gasteiger partial charge is 0.242 e. The zero-order valence-corrected chi connectivity index (χ0v) is 14.9. The molecule has 2 rings (SSSR count). The zero-order chi connectivity index (χ0) is 18.7. The number of para-hydroxylation sites is 1. The maximum Gasteiger partial charge on any atom is 0.242 e. The highest BCUT2D eigenvalue weighted by atomic mass is 32.2. The van der Waals surface area contributed by atoms with Crippen LogP contribution in [0, 0.1) is 5.82 Å². The van der Waals surface area contributed by atoms with E-state index >= 15 is 0 Å². The first-order chi connectivity index (χ1) is 11.6. The predicted molar refractivity (Wildman–Crippen MR) is 89.5 cm³/mol. The van der Waals surface area contributed by atoms with Crippen molar-refractivity contribution in [1.82, 2.24) is 4.31 Å². The van der Waals surface area contributed by atoms with Crippen molar-refractivity contribution in [1.29, 1.82) is 0 Å². The number of primary sulfonamides is 1. The molecule has 0 unspecified atom stereocenters. The molecule has 0 aliphatic rings. The molecule has 0 aromatic heterocycles. The molecule has 0 aliphatic heterocycles. The molecule has 0 amide bonds. The average molecular weight is 388 g/mol. The number of likely N-dealkylation sites (N-methyl/N-ethyl adjacent to an activating group) is 1. The number of ether oxygens (including phenoxy) is 1. The monoisotopic (exact) mass is 388 g/mol. The Hall–Kier alpha value is -2.01. The van der Waals surface area contributed by atoms with Crippen LogP contribution in [0.15, 0.2) is 58.3 Å². The molecule has 136 valence electrons. The van der Waals surface area contributed by atoms with Gasteiger partial charge in [-0.25, -0.2) is 26.4 Å². The van der Waals surface area contributed by atoms with Crippen molar-refractivity contribution in [3.63, 3.8) is 0 Å². The first kappa shape index (κ1) is 19.3. The van der Waals surface area contributed by atoms with Crippen LogP contribution in [0.2, 0.25) is 0 Å². The van der Waals surface area contributed by atoms with Crippen molar-refractivity contribution in [2.45, 2.75) is 9.79 Å². The number of benzene rings is 2. The van der Waals surface area contributed by atoms with E-state index in [0.717, 1.165) is 28.6 Å². The fraction of sp³-hybridized carbons (Fsp3) is 0.200. The molecule has 0 heterocycles. The highest BCUT2D eigenvalue weighted by Crippen LogP contribution is 2.18. The van der Waals surface area contributed by atoms with E-state index < -0.39 is 25.9 Å². The number of hydrogen-bond acceptors (Lipinski definition) is 5. The van der Waals surface area contributed by atoms with Crippen molar-refractivity contribution in [2.24, 2.45) is 5.14 Å². The van der Waals surface area contributed by atoms with Gasteiger partial charge in [-0.15, -0.1) is 0 Å². The Morgan fingerprint density at radius 3 is 2.12 bits per heavy atom. The van der Waals surface area contributed by atoms with Crippen LogP contribution in [0.5, 0.6) is 5.75 Å². The number of sulfonamides is 2. The van der Waals surface area contributed by atoms with Crippen LogP contribution in [0.3, 0.4) is 0 Å². The third-order valence-electron chi connectivity index (χ3n) is 3.36. The summed E-state index contributed by atoms with van der Waals surface area (Å²) >= 11 is 0. The number of nitrogens with two attached hydrogens (primary N) is 1. The first-order valence-corrected chi connectivity index (χ1v) is 10.1. The lowest BCUT2D eigenvalue weighted by Crippen LogP contribution is -2.31. The summed E-state index contributed by atoms with van der Waals surface area (Å²) in [7, 11) is -6.40. The van der Waals surface area contributed by atoms with Crippen LogP contribution >= 0.6 is 0 Å². The molecule has 0 spiro atoms. The van der Waals surface area contributed by atoms with Gasteiger partial charge in [0.05, 0.1) is 9.79 Å². The molecule has 0 bridgehead atoms. The van der Waals surface area contributed by atoms with Gasteiger partial charge >= 0.3 is 0 Å². The summed E-state index contributed by atoms with van der Waals surface area (Å²) in [6.45, 7) is -0.0699. The Bertz CT molecular complexity index is 944. The highest BCUT2D eigenvalue weighted by molar-refractivity contribution is 7.89. The highest BCUT2D eigenvalue weighted by Gasteiger charge is 2.21. The fourth-order valence-corrected chi connectivity index (χ4v) is 3.62. The van der Waals surface area contributed by atoms with E-state index in [-0.39, 0.29) is 28.7 Å². The summed E-state index contributed by atoms with van der Waals surface area (Å²) in [4.78, 5) is -0.273. The molecule has 0 radical (unpaired) electrons. The van der Waals surface area contributed by atoms with E-state index in [1.165, 1.54) is 25.2 Å².